The molecule has 2 amide bonds. The van der Waals surface area contributed by atoms with Gasteiger partial charge < -0.3 is 29.6 Å². The third-order valence-electron chi connectivity index (χ3n) is 10.4. The number of carbonyl (C=O) groups is 3. The minimum absolute atomic E-state index is 0.00801. The molecule has 2 aliphatic heterocycles. The maximum atomic E-state index is 14.2. The molecule has 2 heterocycles. The van der Waals surface area contributed by atoms with Crippen LogP contribution in [0.5, 0.6) is 0 Å². The first kappa shape index (κ1) is 44.9. The van der Waals surface area contributed by atoms with E-state index in [1.54, 1.807) is 0 Å². The standard InChI is InChI=1S/C45H70N4O7/c1-42(2,3)37(35-29-48(25-31-19-15-13-16-20-31)27-33(35)23-46-39(50)55-44(7,8)9)53-41(52)54-38(43(4,5)6)36-30-49(26-32-21-17-14-18-22-32)28-34(36)24-47-40(51)56-45(10,11)12/h13-22,33-38H,23-30H2,1-12H3,(H,46,50)(H,47,51). The fraction of sp³-hybridized carbons (Fsp3) is 0.667. The van der Waals surface area contributed by atoms with Gasteiger partial charge in [0.15, 0.2) is 0 Å². The van der Waals surface area contributed by atoms with Crippen molar-refractivity contribution in [3.63, 3.8) is 0 Å². The molecule has 11 nitrogen and oxygen atoms in total. The number of hydrogen-bond donors (Lipinski definition) is 2. The minimum atomic E-state index is -0.703. The summed E-state index contributed by atoms with van der Waals surface area (Å²) in [4.78, 5) is 44.5. The highest BCUT2D eigenvalue weighted by molar-refractivity contribution is 5.68. The Morgan fingerprint density at radius 1 is 0.571 bits per heavy atom. The Balaban J connectivity index is 1.56. The van der Waals surface area contributed by atoms with Crippen molar-refractivity contribution >= 4 is 18.3 Å². The number of carbonyl (C=O) groups excluding carboxylic acids is 3. The lowest BCUT2D eigenvalue weighted by Gasteiger charge is -2.40. The van der Waals surface area contributed by atoms with E-state index in [4.69, 9.17) is 18.9 Å². The molecule has 2 N–H and O–H groups in total. The number of alkyl carbamates (subject to hydrolysis) is 2. The summed E-state index contributed by atoms with van der Waals surface area (Å²) in [6.45, 7) is 28.6. The van der Waals surface area contributed by atoms with Gasteiger partial charge in [0.25, 0.3) is 0 Å². The first-order valence-corrected chi connectivity index (χ1v) is 20.3. The van der Waals surface area contributed by atoms with Crippen LogP contribution in [0.3, 0.4) is 0 Å². The monoisotopic (exact) mass is 779 g/mol. The van der Waals surface area contributed by atoms with Gasteiger partial charge in [-0.3, -0.25) is 9.80 Å². The van der Waals surface area contributed by atoms with Crippen LogP contribution in [0.2, 0.25) is 0 Å². The molecule has 312 valence electrons. The number of rotatable bonds is 12. The second kappa shape index (κ2) is 18.6. The van der Waals surface area contributed by atoms with Crippen molar-refractivity contribution in [1.29, 1.82) is 0 Å². The van der Waals surface area contributed by atoms with E-state index in [0.29, 0.717) is 26.2 Å². The van der Waals surface area contributed by atoms with Crippen LogP contribution in [-0.2, 0) is 32.0 Å². The van der Waals surface area contributed by atoms with Gasteiger partial charge in [0.2, 0.25) is 0 Å². The van der Waals surface area contributed by atoms with Crippen LogP contribution in [0.1, 0.15) is 94.2 Å². The summed E-state index contributed by atoms with van der Waals surface area (Å²) >= 11 is 0. The predicted octanol–water partition coefficient (Wildman–Crippen LogP) is 8.51. The maximum absolute atomic E-state index is 14.2. The first-order valence-electron chi connectivity index (χ1n) is 20.3. The van der Waals surface area contributed by atoms with Crippen LogP contribution in [0.15, 0.2) is 60.7 Å². The molecule has 6 unspecified atom stereocenters. The normalized spacial score (nSPS) is 22.2. The third kappa shape index (κ3) is 14.3. The van der Waals surface area contributed by atoms with Crippen LogP contribution < -0.4 is 10.6 Å². The highest BCUT2D eigenvalue weighted by Crippen LogP contribution is 2.40. The molecular weight excluding hydrogens is 709 g/mol. The van der Waals surface area contributed by atoms with Crippen molar-refractivity contribution in [2.45, 2.75) is 120 Å². The average Bonchev–Trinajstić information content (AvgIpc) is 3.65. The van der Waals surface area contributed by atoms with Gasteiger partial charge >= 0.3 is 18.3 Å². The Morgan fingerprint density at radius 3 is 1.21 bits per heavy atom. The number of likely N-dealkylation sites (tertiary alicyclic amines) is 2. The van der Waals surface area contributed by atoms with E-state index >= 15 is 0 Å². The van der Waals surface area contributed by atoms with Gasteiger partial charge in [0.05, 0.1) is 0 Å². The van der Waals surface area contributed by atoms with E-state index < -0.39 is 52.6 Å². The Morgan fingerprint density at radius 2 is 0.911 bits per heavy atom. The molecule has 2 aromatic carbocycles. The molecule has 0 spiro atoms. The molecule has 0 radical (unpaired) electrons. The molecule has 2 aromatic rings. The van der Waals surface area contributed by atoms with Gasteiger partial charge in [-0.15, -0.1) is 0 Å². The summed E-state index contributed by atoms with van der Waals surface area (Å²) in [7, 11) is 0. The van der Waals surface area contributed by atoms with Crippen molar-refractivity contribution in [1.82, 2.24) is 20.4 Å². The zero-order valence-electron chi connectivity index (χ0n) is 36.1. The SMILES string of the molecule is CC(C)(C)OC(=O)NCC1CN(Cc2ccccc2)CC1C(OC(=O)OC(C1CN(Cc2ccccc2)CC1CNC(=O)OC(C)(C)C)C(C)(C)C)C(C)(C)C. The van der Waals surface area contributed by atoms with E-state index in [2.05, 4.69) is 86.2 Å². The summed E-state index contributed by atoms with van der Waals surface area (Å²) in [5.74, 6) is -0.196. The molecule has 11 heteroatoms. The molecular formula is C45H70N4O7. The second-order valence-corrected chi connectivity index (χ2v) is 20.0. The van der Waals surface area contributed by atoms with Crippen molar-refractivity contribution in [3.8, 4) is 0 Å². The number of ether oxygens (including phenoxy) is 4. The third-order valence-corrected chi connectivity index (χ3v) is 10.4. The van der Waals surface area contributed by atoms with E-state index in [0.717, 1.165) is 26.2 Å². The van der Waals surface area contributed by atoms with Gasteiger partial charge in [0, 0.05) is 64.2 Å². The molecule has 4 rings (SSSR count). The summed E-state index contributed by atoms with van der Waals surface area (Å²) in [5.41, 5.74) is 0.278. The number of nitrogens with one attached hydrogen (secondary N) is 2. The smallest absolute Gasteiger partial charge is 0.444 e. The highest BCUT2D eigenvalue weighted by atomic mass is 16.7. The topological polar surface area (TPSA) is 119 Å². The number of amides is 2. The van der Waals surface area contributed by atoms with Gasteiger partial charge in [-0.25, -0.2) is 14.4 Å². The average molecular weight is 779 g/mol. The Bertz CT molecular complexity index is 1440. The van der Waals surface area contributed by atoms with Crippen molar-refractivity contribution in [3.05, 3.63) is 71.8 Å². The van der Waals surface area contributed by atoms with Crippen LogP contribution >= 0.6 is 0 Å². The number of hydrogen-bond acceptors (Lipinski definition) is 9. The van der Waals surface area contributed by atoms with Crippen molar-refractivity contribution in [2.75, 3.05) is 39.3 Å². The molecule has 0 bridgehead atoms. The predicted molar refractivity (Wildman–Crippen MR) is 220 cm³/mol. The highest BCUT2D eigenvalue weighted by Gasteiger charge is 2.48. The Kier molecular flexibility index (Phi) is 14.9. The second-order valence-electron chi connectivity index (χ2n) is 20.0. The van der Waals surface area contributed by atoms with Crippen molar-refractivity contribution < 1.29 is 33.3 Å². The lowest BCUT2D eigenvalue weighted by atomic mass is 9.76. The minimum Gasteiger partial charge on any atom is -0.444 e. The summed E-state index contributed by atoms with van der Waals surface area (Å²) in [5, 5.41) is 6.00. The Labute approximate surface area is 336 Å². The summed E-state index contributed by atoms with van der Waals surface area (Å²) in [6, 6.07) is 20.6. The first-order chi connectivity index (χ1) is 26.0. The van der Waals surface area contributed by atoms with Gasteiger partial charge in [0.1, 0.15) is 23.4 Å². The maximum Gasteiger partial charge on any atom is 0.508 e. The molecule has 0 aromatic heterocycles. The van der Waals surface area contributed by atoms with Gasteiger partial charge in [-0.05, 0) is 75.3 Å². The number of benzene rings is 2. The molecule has 2 aliphatic rings. The molecule has 2 fully saturated rings. The van der Waals surface area contributed by atoms with Crippen molar-refractivity contribution in [2.24, 2.45) is 34.5 Å². The van der Waals surface area contributed by atoms with Gasteiger partial charge in [-0.1, -0.05) is 102 Å². The lowest BCUT2D eigenvalue weighted by molar-refractivity contribution is -0.0921. The van der Waals surface area contributed by atoms with E-state index in [-0.39, 0.29) is 23.7 Å². The van der Waals surface area contributed by atoms with E-state index in [9.17, 15) is 14.4 Å². The lowest BCUT2D eigenvalue weighted by Crippen LogP contribution is -2.47. The molecule has 6 atom stereocenters. The largest absolute Gasteiger partial charge is 0.508 e. The number of nitrogens with zero attached hydrogens (tertiary/aromatic N) is 2. The van der Waals surface area contributed by atoms with Gasteiger partial charge in [-0.2, -0.15) is 0 Å². The van der Waals surface area contributed by atoms with Crippen LogP contribution in [-0.4, -0.2) is 90.8 Å². The quantitative estimate of drug-likeness (QED) is 0.162. The van der Waals surface area contributed by atoms with E-state index in [1.165, 1.54) is 11.1 Å². The zero-order valence-corrected chi connectivity index (χ0v) is 36.1. The van der Waals surface area contributed by atoms with Crippen LogP contribution in [0.25, 0.3) is 0 Å². The zero-order chi connectivity index (χ0) is 41.5. The summed E-state index contributed by atoms with van der Waals surface area (Å²) in [6.07, 6.45) is -2.65. The van der Waals surface area contributed by atoms with Crippen LogP contribution in [0, 0.1) is 34.5 Å². The molecule has 0 aliphatic carbocycles. The molecule has 0 saturated carbocycles. The fourth-order valence-electron chi connectivity index (χ4n) is 8.14. The molecule has 56 heavy (non-hydrogen) atoms. The Hall–Kier alpha value is -3.83. The summed E-state index contributed by atoms with van der Waals surface area (Å²) < 4.78 is 24.1. The molecule has 2 saturated heterocycles. The van der Waals surface area contributed by atoms with Crippen LogP contribution in [0.4, 0.5) is 14.4 Å². The fourth-order valence-corrected chi connectivity index (χ4v) is 8.14. The van der Waals surface area contributed by atoms with E-state index in [1.807, 2.05) is 77.9 Å².